The molecule has 184 valence electrons. The van der Waals surface area contributed by atoms with Crippen molar-refractivity contribution in [3.63, 3.8) is 0 Å². The summed E-state index contributed by atoms with van der Waals surface area (Å²) in [5.41, 5.74) is 6.43. The number of nitrogens with zero attached hydrogens (tertiary/aromatic N) is 3. The Hall–Kier alpha value is -3.59. The average molecular weight is 494 g/mol. The van der Waals surface area contributed by atoms with Gasteiger partial charge in [0.05, 0.1) is 22.8 Å². The SMILES string of the molecule is CCc1nc2c(n1-c1ccc(CCNC(=O)NS(=O)(=O)c3ccc(C)cc3)cc1)CN(C)C=C2C. The number of carbonyl (C=O) groups excluding carboxylic acids is 1. The van der Waals surface area contributed by atoms with Crippen LogP contribution in [-0.4, -0.2) is 42.5 Å². The molecule has 0 bridgehead atoms. The van der Waals surface area contributed by atoms with Crippen LogP contribution < -0.4 is 10.0 Å². The van der Waals surface area contributed by atoms with E-state index in [1.165, 1.54) is 17.8 Å². The topological polar surface area (TPSA) is 96.3 Å². The van der Waals surface area contributed by atoms with Gasteiger partial charge in [-0.15, -0.1) is 0 Å². The van der Waals surface area contributed by atoms with Crippen molar-refractivity contribution in [3.05, 3.63) is 83.1 Å². The highest BCUT2D eigenvalue weighted by atomic mass is 32.2. The molecule has 2 amide bonds. The number of allylic oxidation sites excluding steroid dienone is 1. The Morgan fingerprint density at radius 3 is 2.40 bits per heavy atom. The molecule has 0 spiro atoms. The second kappa shape index (κ2) is 9.95. The zero-order valence-electron chi connectivity index (χ0n) is 20.5. The summed E-state index contributed by atoms with van der Waals surface area (Å²) in [4.78, 5) is 19.2. The highest BCUT2D eigenvalue weighted by Crippen LogP contribution is 2.29. The molecule has 3 aromatic rings. The molecular weight excluding hydrogens is 462 g/mol. The van der Waals surface area contributed by atoms with Crippen LogP contribution in [0.4, 0.5) is 4.79 Å². The Bertz CT molecular complexity index is 1360. The first kappa shape index (κ1) is 24.5. The van der Waals surface area contributed by atoms with Crippen molar-refractivity contribution in [1.29, 1.82) is 0 Å². The van der Waals surface area contributed by atoms with E-state index in [2.05, 4.69) is 58.7 Å². The number of nitrogens with one attached hydrogen (secondary N) is 2. The maximum absolute atomic E-state index is 12.3. The number of urea groups is 1. The van der Waals surface area contributed by atoms with E-state index in [0.29, 0.717) is 13.0 Å². The molecule has 2 heterocycles. The second-order valence-electron chi connectivity index (χ2n) is 8.83. The Morgan fingerprint density at radius 1 is 1.06 bits per heavy atom. The van der Waals surface area contributed by atoms with Crippen molar-refractivity contribution in [2.75, 3.05) is 13.6 Å². The number of sulfonamides is 1. The van der Waals surface area contributed by atoms with Crippen LogP contribution in [0.1, 0.15) is 42.2 Å². The number of rotatable bonds is 7. The Balaban J connectivity index is 1.38. The van der Waals surface area contributed by atoms with Gasteiger partial charge in [0, 0.05) is 31.9 Å². The summed E-state index contributed by atoms with van der Waals surface area (Å²) in [6, 6.07) is 13.8. The zero-order valence-corrected chi connectivity index (χ0v) is 21.3. The molecule has 0 aliphatic carbocycles. The maximum atomic E-state index is 12.3. The minimum atomic E-state index is -3.90. The summed E-state index contributed by atoms with van der Waals surface area (Å²) in [6.07, 6.45) is 3.53. The second-order valence-corrected chi connectivity index (χ2v) is 10.5. The summed E-state index contributed by atoms with van der Waals surface area (Å²) in [5.74, 6) is 1.03. The van der Waals surface area contributed by atoms with Crippen molar-refractivity contribution in [3.8, 4) is 5.69 Å². The van der Waals surface area contributed by atoms with Gasteiger partial charge in [-0.1, -0.05) is 36.8 Å². The van der Waals surface area contributed by atoms with Gasteiger partial charge in [-0.25, -0.2) is 22.9 Å². The first-order valence-corrected chi connectivity index (χ1v) is 13.1. The van der Waals surface area contributed by atoms with Gasteiger partial charge in [0.2, 0.25) is 0 Å². The lowest BCUT2D eigenvalue weighted by atomic mass is 10.1. The Kier molecular flexibility index (Phi) is 6.98. The third kappa shape index (κ3) is 5.40. The lowest BCUT2D eigenvalue weighted by Crippen LogP contribution is -2.40. The number of fused-ring (bicyclic) bond motifs is 1. The molecule has 2 N–H and O–H groups in total. The van der Waals surface area contributed by atoms with Gasteiger partial charge in [0.1, 0.15) is 5.82 Å². The molecule has 0 atom stereocenters. The van der Waals surface area contributed by atoms with Crippen LogP contribution in [0.25, 0.3) is 11.3 Å². The summed E-state index contributed by atoms with van der Waals surface area (Å²) >= 11 is 0. The van der Waals surface area contributed by atoms with Gasteiger partial charge < -0.3 is 10.2 Å². The summed E-state index contributed by atoms with van der Waals surface area (Å²) < 4.78 is 29.0. The van der Waals surface area contributed by atoms with E-state index in [4.69, 9.17) is 4.98 Å². The monoisotopic (exact) mass is 493 g/mol. The molecule has 2 aromatic carbocycles. The van der Waals surface area contributed by atoms with Gasteiger partial charge in [-0.2, -0.15) is 0 Å². The lowest BCUT2D eigenvalue weighted by molar-refractivity contribution is 0.246. The molecule has 0 saturated heterocycles. The molecule has 0 saturated carbocycles. The number of aryl methyl sites for hydroxylation is 2. The predicted molar refractivity (Wildman–Crippen MR) is 137 cm³/mol. The van der Waals surface area contributed by atoms with Crippen LogP contribution in [-0.2, 0) is 29.4 Å². The number of imidazole rings is 1. The normalized spacial score (nSPS) is 13.3. The molecule has 0 unspecified atom stereocenters. The van der Waals surface area contributed by atoms with Crippen molar-refractivity contribution < 1.29 is 13.2 Å². The van der Waals surface area contributed by atoms with Crippen LogP contribution in [0.5, 0.6) is 0 Å². The minimum Gasteiger partial charge on any atom is -0.374 e. The van der Waals surface area contributed by atoms with Crippen LogP contribution in [0.3, 0.4) is 0 Å². The molecule has 8 nitrogen and oxygen atoms in total. The molecule has 4 rings (SSSR count). The standard InChI is InChI=1S/C26H31N5O3S/c1-5-24-28-25-19(3)16-30(4)17-23(25)31(24)21-10-8-20(9-11-21)14-15-27-26(32)29-35(33,34)22-12-6-18(2)7-13-22/h6-13,16H,5,14-15,17H2,1-4H3,(H2,27,29,32). The Morgan fingerprint density at radius 2 is 1.74 bits per heavy atom. The van der Waals surface area contributed by atoms with E-state index in [-0.39, 0.29) is 4.90 Å². The quantitative estimate of drug-likeness (QED) is 0.522. The van der Waals surface area contributed by atoms with Crippen LogP contribution in [0.2, 0.25) is 0 Å². The van der Waals surface area contributed by atoms with Crippen molar-refractivity contribution in [2.24, 2.45) is 0 Å². The third-order valence-corrected chi connectivity index (χ3v) is 7.34. The lowest BCUT2D eigenvalue weighted by Gasteiger charge is -2.23. The van der Waals surface area contributed by atoms with Crippen molar-refractivity contribution in [1.82, 2.24) is 24.5 Å². The minimum absolute atomic E-state index is 0.0545. The summed E-state index contributed by atoms with van der Waals surface area (Å²) in [7, 11) is -1.84. The third-order valence-electron chi connectivity index (χ3n) is 6.00. The first-order valence-electron chi connectivity index (χ1n) is 11.6. The molecule has 1 aliphatic rings. The molecule has 0 radical (unpaired) electrons. The summed E-state index contributed by atoms with van der Waals surface area (Å²) in [5, 5.41) is 2.62. The highest BCUT2D eigenvalue weighted by Gasteiger charge is 2.22. The number of aromatic nitrogens is 2. The number of benzene rings is 2. The maximum Gasteiger partial charge on any atom is 0.328 e. The van der Waals surface area contributed by atoms with Crippen LogP contribution in [0.15, 0.2) is 59.6 Å². The average Bonchev–Trinajstić information content (AvgIpc) is 3.18. The number of hydrogen-bond donors (Lipinski definition) is 2. The molecule has 35 heavy (non-hydrogen) atoms. The van der Waals surface area contributed by atoms with E-state index in [0.717, 1.165) is 46.9 Å². The number of hydrogen-bond acceptors (Lipinski definition) is 5. The zero-order chi connectivity index (χ0) is 25.2. The van der Waals surface area contributed by atoms with Crippen molar-refractivity contribution in [2.45, 2.75) is 45.1 Å². The molecule has 1 aliphatic heterocycles. The van der Waals surface area contributed by atoms with E-state index in [1.54, 1.807) is 12.1 Å². The van der Waals surface area contributed by atoms with Gasteiger partial charge in [-0.05, 0) is 55.7 Å². The largest absolute Gasteiger partial charge is 0.374 e. The smallest absolute Gasteiger partial charge is 0.328 e. The number of amides is 2. The van der Waals surface area contributed by atoms with E-state index < -0.39 is 16.1 Å². The first-order chi connectivity index (χ1) is 16.7. The Labute approximate surface area is 206 Å². The van der Waals surface area contributed by atoms with Crippen LogP contribution >= 0.6 is 0 Å². The predicted octanol–water partition coefficient (Wildman–Crippen LogP) is 3.78. The molecule has 0 fully saturated rings. The fraction of sp³-hybridized carbons (Fsp3) is 0.308. The molecular formula is C26H31N5O3S. The highest BCUT2D eigenvalue weighted by molar-refractivity contribution is 7.90. The van der Waals surface area contributed by atoms with E-state index in [1.807, 2.05) is 19.1 Å². The fourth-order valence-electron chi connectivity index (χ4n) is 4.25. The summed E-state index contributed by atoms with van der Waals surface area (Å²) in [6.45, 7) is 7.17. The molecule has 1 aromatic heterocycles. The van der Waals surface area contributed by atoms with Gasteiger partial charge >= 0.3 is 6.03 Å². The molecule has 9 heteroatoms. The number of carbonyl (C=O) groups is 1. The fourth-order valence-corrected chi connectivity index (χ4v) is 5.18. The van der Waals surface area contributed by atoms with Gasteiger partial charge in [-0.3, -0.25) is 4.57 Å². The van der Waals surface area contributed by atoms with Crippen molar-refractivity contribution >= 4 is 21.6 Å². The van der Waals surface area contributed by atoms with E-state index >= 15 is 0 Å². The van der Waals surface area contributed by atoms with E-state index in [9.17, 15) is 13.2 Å². The van der Waals surface area contributed by atoms with Crippen LogP contribution in [0, 0.1) is 6.92 Å². The van der Waals surface area contributed by atoms with Gasteiger partial charge in [0.15, 0.2) is 0 Å². The van der Waals surface area contributed by atoms with Gasteiger partial charge in [0.25, 0.3) is 10.0 Å².